The molecule has 0 aromatic heterocycles. The summed E-state index contributed by atoms with van der Waals surface area (Å²) in [5.74, 6) is -0.968. The monoisotopic (exact) mass is 290 g/mol. The Hall–Kier alpha value is -2.04. The predicted molar refractivity (Wildman–Crippen MR) is 81.6 cm³/mol. The Kier molecular flexibility index (Phi) is 4.83. The van der Waals surface area contributed by atoms with E-state index in [4.69, 9.17) is 0 Å². The maximum atomic E-state index is 12.5. The van der Waals surface area contributed by atoms with E-state index in [0.29, 0.717) is 12.1 Å². The lowest BCUT2D eigenvalue weighted by Gasteiger charge is -2.26. The van der Waals surface area contributed by atoms with Crippen LogP contribution in [0.2, 0.25) is 0 Å². The van der Waals surface area contributed by atoms with Crippen molar-refractivity contribution in [1.29, 1.82) is 0 Å². The summed E-state index contributed by atoms with van der Waals surface area (Å²) in [5.41, 5.74) is 1.61. The molecule has 0 saturated carbocycles. The summed E-state index contributed by atoms with van der Waals surface area (Å²) in [6, 6.07) is 6.33. The summed E-state index contributed by atoms with van der Waals surface area (Å²) in [6.07, 6.45) is 3.09. The first-order valence-corrected chi connectivity index (χ1v) is 7.48. The van der Waals surface area contributed by atoms with Crippen LogP contribution in [0.3, 0.4) is 0 Å². The number of carbonyl (C=O) groups excluding carboxylic acids is 1. The molecule has 114 valence electrons. The van der Waals surface area contributed by atoms with Crippen LogP contribution in [-0.2, 0) is 11.2 Å². The number of amides is 2. The number of carboxylic acids is 1. The zero-order valence-corrected chi connectivity index (χ0v) is 12.5. The number of hydrogen-bond donors (Lipinski definition) is 2. The van der Waals surface area contributed by atoms with Crippen molar-refractivity contribution >= 4 is 17.7 Å². The molecule has 1 aromatic carbocycles. The number of nitrogens with zero attached hydrogens (tertiary/aromatic N) is 1. The van der Waals surface area contributed by atoms with E-state index in [0.717, 1.165) is 24.8 Å². The third-order valence-corrected chi connectivity index (χ3v) is 3.94. The maximum absolute atomic E-state index is 12.5. The van der Waals surface area contributed by atoms with Crippen molar-refractivity contribution in [2.24, 2.45) is 0 Å². The molecule has 2 amide bonds. The molecule has 5 nitrogen and oxygen atoms in total. The van der Waals surface area contributed by atoms with Crippen molar-refractivity contribution in [3.05, 3.63) is 29.8 Å². The predicted octanol–water partition coefficient (Wildman–Crippen LogP) is 2.79. The number of hydrogen-bond acceptors (Lipinski definition) is 2. The highest BCUT2D eigenvalue weighted by atomic mass is 16.4. The van der Waals surface area contributed by atoms with Crippen molar-refractivity contribution < 1.29 is 14.7 Å². The third-order valence-electron chi connectivity index (χ3n) is 3.94. The molecular weight excluding hydrogens is 268 g/mol. The minimum Gasteiger partial charge on any atom is -0.480 e. The van der Waals surface area contributed by atoms with Gasteiger partial charge >= 0.3 is 12.0 Å². The molecule has 1 unspecified atom stereocenters. The van der Waals surface area contributed by atoms with E-state index in [-0.39, 0.29) is 12.1 Å². The maximum Gasteiger partial charge on any atom is 0.327 e. The Morgan fingerprint density at radius 2 is 2.10 bits per heavy atom. The topological polar surface area (TPSA) is 69.6 Å². The average molecular weight is 290 g/mol. The van der Waals surface area contributed by atoms with Gasteiger partial charge in [0.25, 0.3) is 0 Å². The zero-order valence-electron chi connectivity index (χ0n) is 12.5. The van der Waals surface area contributed by atoms with Gasteiger partial charge in [-0.2, -0.15) is 0 Å². The van der Waals surface area contributed by atoms with Gasteiger partial charge in [0.15, 0.2) is 0 Å². The number of para-hydroxylation sites is 1. The molecule has 0 spiro atoms. The molecule has 0 saturated heterocycles. The zero-order chi connectivity index (χ0) is 15.4. The number of benzene rings is 1. The van der Waals surface area contributed by atoms with Crippen LogP contribution in [0.4, 0.5) is 10.5 Å². The van der Waals surface area contributed by atoms with Gasteiger partial charge in [-0.3, -0.25) is 4.90 Å². The molecule has 2 atom stereocenters. The smallest absolute Gasteiger partial charge is 0.327 e. The molecule has 1 aliphatic rings. The van der Waals surface area contributed by atoms with Gasteiger partial charge in [0.05, 0.1) is 0 Å². The highest BCUT2D eigenvalue weighted by Crippen LogP contribution is 2.32. The number of fused-ring (bicyclic) bond motifs is 1. The van der Waals surface area contributed by atoms with Gasteiger partial charge in [-0.25, -0.2) is 9.59 Å². The third kappa shape index (κ3) is 3.17. The highest BCUT2D eigenvalue weighted by molar-refractivity contribution is 6.01. The number of nitrogens with one attached hydrogen (secondary N) is 1. The summed E-state index contributed by atoms with van der Waals surface area (Å²) >= 11 is 0. The molecule has 2 rings (SSSR count). The Morgan fingerprint density at radius 3 is 2.71 bits per heavy atom. The molecule has 21 heavy (non-hydrogen) atoms. The fourth-order valence-electron chi connectivity index (χ4n) is 2.81. The van der Waals surface area contributed by atoms with Crippen LogP contribution < -0.4 is 10.2 Å². The number of urea groups is 1. The van der Waals surface area contributed by atoms with Crippen molar-refractivity contribution in [3.8, 4) is 0 Å². The van der Waals surface area contributed by atoms with Gasteiger partial charge in [0.1, 0.15) is 6.04 Å². The second-order valence-corrected chi connectivity index (χ2v) is 5.40. The van der Waals surface area contributed by atoms with Crippen LogP contribution in [0, 0.1) is 0 Å². The van der Waals surface area contributed by atoms with E-state index < -0.39 is 12.0 Å². The molecule has 1 aliphatic heterocycles. The number of carboxylic acid groups (broad SMARTS) is 1. The summed E-state index contributed by atoms with van der Waals surface area (Å²) in [7, 11) is 0. The first kappa shape index (κ1) is 15.4. The molecule has 1 aromatic rings. The standard InChI is InChI=1S/C16H22N2O3/c1-3-7-12(4-2)17-16(21)18-13-9-6-5-8-11(13)10-14(18)15(19)20/h5-6,8-9,12,14H,3-4,7,10H2,1-2H3,(H,17,21)(H,19,20)/t12?,14-/m0/s1. The molecule has 0 radical (unpaired) electrons. The van der Waals surface area contributed by atoms with E-state index in [1.165, 1.54) is 4.90 Å². The molecule has 0 bridgehead atoms. The van der Waals surface area contributed by atoms with Crippen LogP contribution in [0.15, 0.2) is 24.3 Å². The minimum atomic E-state index is -0.968. The normalized spacial score (nSPS) is 18.2. The number of aliphatic carboxylic acids is 1. The lowest BCUT2D eigenvalue weighted by Crippen LogP contribution is -2.50. The lowest BCUT2D eigenvalue weighted by atomic mass is 10.1. The summed E-state index contributed by atoms with van der Waals surface area (Å²) in [5, 5.41) is 12.3. The van der Waals surface area contributed by atoms with E-state index >= 15 is 0 Å². The van der Waals surface area contributed by atoms with Crippen LogP contribution in [0.1, 0.15) is 38.7 Å². The molecule has 0 aliphatic carbocycles. The average Bonchev–Trinajstić information content (AvgIpc) is 2.86. The first-order valence-electron chi connectivity index (χ1n) is 7.48. The van der Waals surface area contributed by atoms with Crippen LogP contribution >= 0.6 is 0 Å². The lowest BCUT2D eigenvalue weighted by molar-refractivity contribution is -0.138. The van der Waals surface area contributed by atoms with Crippen molar-refractivity contribution in [2.75, 3.05) is 4.90 Å². The van der Waals surface area contributed by atoms with Gasteiger partial charge in [-0.05, 0) is 24.5 Å². The van der Waals surface area contributed by atoms with E-state index in [1.54, 1.807) is 6.07 Å². The SMILES string of the molecule is CCCC(CC)NC(=O)N1c2ccccc2C[C@H]1C(=O)O. The molecule has 2 N–H and O–H groups in total. The van der Waals surface area contributed by atoms with Gasteiger partial charge < -0.3 is 10.4 Å². The van der Waals surface area contributed by atoms with Gasteiger partial charge in [-0.1, -0.05) is 38.5 Å². The summed E-state index contributed by atoms with van der Waals surface area (Å²) < 4.78 is 0. The Labute approximate surface area is 125 Å². The summed E-state index contributed by atoms with van der Waals surface area (Å²) in [6.45, 7) is 4.09. The quantitative estimate of drug-likeness (QED) is 0.876. The van der Waals surface area contributed by atoms with Crippen molar-refractivity contribution in [3.63, 3.8) is 0 Å². The van der Waals surface area contributed by atoms with Gasteiger partial charge in [-0.15, -0.1) is 0 Å². The minimum absolute atomic E-state index is 0.0877. The first-order chi connectivity index (χ1) is 10.1. The van der Waals surface area contributed by atoms with Crippen LogP contribution in [0.25, 0.3) is 0 Å². The molecular formula is C16H22N2O3. The second kappa shape index (κ2) is 6.61. The summed E-state index contributed by atoms with van der Waals surface area (Å²) in [4.78, 5) is 25.3. The van der Waals surface area contributed by atoms with E-state index in [1.807, 2.05) is 25.1 Å². The van der Waals surface area contributed by atoms with Crippen LogP contribution in [0.5, 0.6) is 0 Å². The number of anilines is 1. The molecule has 1 heterocycles. The second-order valence-electron chi connectivity index (χ2n) is 5.40. The molecule has 0 fully saturated rings. The molecule has 5 heteroatoms. The van der Waals surface area contributed by atoms with Crippen LogP contribution in [-0.4, -0.2) is 29.2 Å². The fourth-order valence-corrected chi connectivity index (χ4v) is 2.81. The van der Waals surface area contributed by atoms with E-state index in [9.17, 15) is 14.7 Å². The number of rotatable bonds is 5. The van der Waals surface area contributed by atoms with E-state index in [2.05, 4.69) is 12.2 Å². The number of carbonyl (C=O) groups is 2. The van der Waals surface area contributed by atoms with Crippen molar-refractivity contribution in [2.45, 2.75) is 51.6 Å². The van der Waals surface area contributed by atoms with Gasteiger partial charge in [0, 0.05) is 18.2 Å². The highest BCUT2D eigenvalue weighted by Gasteiger charge is 2.38. The van der Waals surface area contributed by atoms with Crippen molar-refractivity contribution in [1.82, 2.24) is 5.32 Å². The van der Waals surface area contributed by atoms with Gasteiger partial charge in [0.2, 0.25) is 0 Å². The fraction of sp³-hybridized carbons (Fsp3) is 0.500. The Bertz CT molecular complexity index is 530. The Morgan fingerprint density at radius 1 is 1.38 bits per heavy atom. The largest absolute Gasteiger partial charge is 0.480 e. The Balaban J connectivity index is 2.22.